The van der Waals surface area contributed by atoms with E-state index in [0.717, 1.165) is 0 Å². The molecule has 0 radical (unpaired) electrons. The van der Waals surface area contributed by atoms with E-state index in [2.05, 4.69) is 9.44 Å². The third-order valence-electron chi connectivity index (χ3n) is 3.53. The number of carbonyl (C=O) groups excluding carboxylic acids is 1. The van der Waals surface area contributed by atoms with Crippen molar-refractivity contribution in [2.24, 2.45) is 5.16 Å². The molecule has 1 saturated heterocycles. The molecule has 11 nitrogen and oxygen atoms in total. The van der Waals surface area contributed by atoms with Crippen LogP contribution in [-0.4, -0.2) is 80.7 Å². The van der Waals surface area contributed by atoms with E-state index in [9.17, 15) is 28.5 Å². The maximum atomic E-state index is 12.5. The molecular formula is C14H17NO10S2. The predicted octanol–water partition coefficient (Wildman–Crippen LogP) is -1.73. The van der Waals surface area contributed by atoms with Crippen LogP contribution in [0.5, 0.6) is 0 Å². The maximum Gasteiger partial charge on any atom is 0.466 e. The zero-order valence-electron chi connectivity index (χ0n) is 13.5. The third-order valence-corrected chi connectivity index (χ3v) is 4.83. The zero-order chi connectivity index (χ0) is 20.2. The molecule has 0 aliphatic carbocycles. The molecule has 5 N–H and O–H groups in total. The SMILES string of the molecule is O=C(S[C@@H]1O[C@H](CO)[C@@H](O)[C@H](O)[C@H]1O)/C(=N\OS(=O)(=O)O)c1ccccc1. The molecule has 1 aromatic rings. The summed E-state index contributed by atoms with van der Waals surface area (Å²) in [6, 6.07) is 7.52. The normalized spacial score (nSPS) is 29.4. The molecule has 0 bridgehead atoms. The number of carbonyl (C=O) groups is 1. The Balaban J connectivity index is 2.25. The molecule has 5 atom stereocenters. The standard InChI is InChI=1S/C14H17NO10S2/c16-6-8-10(17)11(18)12(19)14(24-8)26-13(20)9(15-25-27(21,22)23)7-4-2-1-3-5-7/h1-5,8,10-12,14,16-19H,6H2,(H,21,22,23)/b15-9-/t8-,10-,11+,12-,14+/m1/s1. The van der Waals surface area contributed by atoms with Crippen LogP contribution in [0.15, 0.2) is 35.5 Å². The molecule has 0 saturated carbocycles. The second-order valence-electron chi connectivity index (χ2n) is 5.41. The first-order chi connectivity index (χ1) is 12.6. The average Bonchev–Trinajstić information content (AvgIpc) is 2.62. The molecule has 1 aromatic carbocycles. The van der Waals surface area contributed by atoms with E-state index >= 15 is 0 Å². The zero-order valence-corrected chi connectivity index (χ0v) is 15.2. The lowest BCUT2D eigenvalue weighted by molar-refractivity contribution is -0.205. The third kappa shape index (κ3) is 5.70. The van der Waals surface area contributed by atoms with Gasteiger partial charge in [0.2, 0.25) is 5.12 Å². The van der Waals surface area contributed by atoms with Gasteiger partial charge in [0.1, 0.15) is 29.9 Å². The van der Waals surface area contributed by atoms with Gasteiger partial charge in [-0.1, -0.05) is 35.5 Å². The predicted molar refractivity (Wildman–Crippen MR) is 92.0 cm³/mol. The van der Waals surface area contributed by atoms with E-state index in [1.165, 1.54) is 24.3 Å². The first-order valence-corrected chi connectivity index (χ1v) is 9.69. The highest BCUT2D eigenvalue weighted by atomic mass is 32.3. The monoisotopic (exact) mass is 423 g/mol. The number of nitrogens with zero attached hydrogens (tertiary/aromatic N) is 1. The van der Waals surface area contributed by atoms with E-state index in [4.69, 9.17) is 14.4 Å². The van der Waals surface area contributed by atoms with E-state index in [-0.39, 0.29) is 5.56 Å². The number of ether oxygens (including phenoxy) is 1. The van der Waals surface area contributed by atoms with Crippen molar-refractivity contribution < 1.29 is 47.2 Å². The highest BCUT2D eigenvalue weighted by Crippen LogP contribution is 2.29. The number of aliphatic hydroxyl groups excluding tert-OH is 4. The Labute approximate surface area is 158 Å². The van der Waals surface area contributed by atoms with Crippen LogP contribution < -0.4 is 0 Å². The lowest BCUT2D eigenvalue weighted by Crippen LogP contribution is -2.57. The van der Waals surface area contributed by atoms with Crippen molar-refractivity contribution in [1.82, 2.24) is 0 Å². The summed E-state index contributed by atoms with van der Waals surface area (Å²) in [6.45, 7) is -0.679. The number of hydrogen-bond acceptors (Lipinski definition) is 11. The Morgan fingerprint density at radius 3 is 2.33 bits per heavy atom. The fourth-order valence-corrected chi connectivity index (χ4v) is 3.36. The van der Waals surface area contributed by atoms with Crippen molar-refractivity contribution in [3.05, 3.63) is 35.9 Å². The van der Waals surface area contributed by atoms with Gasteiger partial charge in [0.25, 0.3) is 0 Å². The van der Waals surface area contributed by atoms with Gasteiger partial charge < -0.3 is 25.2 Å². The largest absolute Gasteiger partial charge is 0.466 e. The number of hydrogen-bond donors (Lipinski definition) is 5. The Bertz CT molecular complexity index is 782. The highest BCUT2D eigenvalue weighted by molar-refractivity contribution is 8.15. The van der Waals surface area contributed by atoms with Crippen molar-refractivity contribution in [1.29, 1.82) is 0 Å². The summed E-state index contributed by atoms with van der Waals surface area (Å²) in [5.41, 5.74) is -1.77. The van der Waals surface area contributed by atoms with Crippen LogP contribution in [0.25, 0.3) is 0 Å². The molecule has 1 heterocycles. The van der Waals surface area contributed by atoms with Gasteiger partial charge in [-0.15, -0.1) is 0 Å². The second-order valence-corrected chi connectivity index (χ2v) is 7.49. The van der Waals surface area contributed by atoms with Crippen LogP contribution in [0.4, 0.5) is 0 Å². The van der Waals surface area contributed by atoms with Gasteiger partial charge in [-0.25, -0.2) is 4.28 Å². The summed E-state index contributed by atoms with van der Waals surface area (Å²) >= 11 is 0.326. The van der Waals surface area contributed by atoms with E-state index in [1.807, 2.05) is 0 Å². The van der Waals surface area contributed by atoms with E-state index in [0.29, 0.717) is 11.8 Å². The minimum Gasteiger partial charge on any atom is -0.394 e. The number of rotatable bonds is 6. The van der Waals surface area contributed by atoms with Crippen LogP contribution in [-0.2, 0) is 24.2 Å². The first-order valence-electron chi connectivity index (χ1n) is 7.45. The van der Waals surface area contributed by atoms with Gasteiger partial charge in [0.05, 0.1) is 6.61 Å². The first kappa shape index (κ1) is 21.7. The number of thioether (sulfide) groups is 1. The van der Waals surface area contributed by atoms with Crippen LogP contribution >= 0.6 is 11.8 Å². The molecule has 0 spiro atoms. The average molecular weight is 423 g/mol. The van der Waals surface area contributed by atoms with Gasteiger partial charge in [0, 0.05) is 5.56 Å². The van der Waals surface area contributed by atoms with Gasteiger partial charge in [0.15, 0.2) is 5.71 Å². The molecule has 1 aliphatic rings. The molecule has 0 amide bonds. The van der Waals surface area contributed by atoms with E-state index in [1.54, 1.807) is 6.07 Å². The van der Waals surface area contributed by atoms with Crippen molar-refractivity contribution in [3.8, 4) is 0 Å². The summed E-state index contributed by atoms with van der Waals surface area (Å²) in [5.74, 6) is 0. The maximum absolute atomic E-state index is 12.5. The molecule has 150 valence electrons. The quantitative estimate of drug-likeness (QED) is 0.199. The second kappa shape index (κ2) is 9.07. The Kier molecular flexibility index (Phi) is 7.30. The van der Waals surface area contributed by atoms with Crippen LogP contribution in [0.1, 0.15) is 5.56 Å². The summed E-state index contributed by atoms with van der Waals surface area (Å²) in [6.07, 6.45) is -6.19. The van der Waals surface area contributed by atoms with Crippen molar-refractivity contribution >= 4 is 33.0 Å². The molecule has 27 heavy (non-hydrogen) atoms. The number of benzene rings is 1. The van der Waals surface area contributed by atoms with Gasteiger partial charge in [-0.05, 0) is 11.8 Å². The molecule has 1 fully saturated rings. The molecule has 0 aromatic heterocycles. The number of oxime groups is 1. The molecular weight excluding hydrogens is 406 g/mol. The fraction of sp³-hybridized carbons (Fsp3) is 0.429. The van der Waals surface area contributed by atoms with Gasteiger partial charge >= 0.3 is 10.4 Å². The van der Waals surface area contributed by atoms with Crippen LogP contribution in [0.2, 0.25) is 0 Å². The van der Waals surface area contributed by atoms with Crippen LogP contribution in [0, 0.1) is 0 Å². The van der Waals surface area contributed by atoms with Crippen molar-refractivity contribution in [3.63, 3.8) is 0 Å². The van der Waals surface area contributed by atoms with Crippen molar-refractivity contribution in [2.45, 2.75) is 29.9 Å². The topological polar surface area (TPSA) is 183 Å². The smallest absolute Gasteiger partial charge is 0.394 e. The lowest BCUT2D eigenvalue weighted by atomic mass is 10.0. The number of aliphatic hydroxyl groups is 4. The van der Waals surface area contributed by atoms with Crippen LogP contribution in [0.3, 0.4) is 0 Å². The molecule has 1 aliphatic heterocycles. The minimum atomic E-state index is -4.97. The molecule has 2 rings (SSSR count). The lowest BCUT2D eigenvalue weighted by Gasteiger charge is -2.39. The minimum absolute atomic E-state index is 0.142. The molecule has 0 unspecified atom stereocenters. The highest BCUT2D eigenvalue weighted by Gasteiger charge is 2.45. The summed E-state index contributed by atoms with van der Waals surface area (Å²) < 4.78 is 39.3. The Morgan fingerprint density at radius 1 is 1.15 bits per heavy atom. The molecule has 13 heteroatoms. The Hall–Kier alpha value is -1.58. The fourth-order valence-electron chi connectivity index (χ4n) is 2.21. The van der Waals surface area contributed by atoms with Gasteiger partial charge in [-0.3, -0.25) is 9.35 Å². The van der Waals surface area contributed by atoms with E-state index < -0.39 is 57.7 Å². The summed E-state index contributed by atoms with van der Waals surface area (Å²) in [5, 5.41) is 40.9. The van der Waals surface area contributed by atoms with Gasteiger partial charge in [-0.2, -0.15) is 8.42 Å². The summed E-state index contributed by atoms with van der Waals surface area (Å²) in [4.78, 5) is 12.5. The summed E-state index contributed by atoms with van der Waals surface area (Å²) in [7, 11) is -4.97. The van der Waals surface area contributed by atoms with Crippen molar-refractivity contribution in [2.75, 3.05) is 6.61 Å². The Morgan fingerprint density at radius 2 is 1.78 bits per heavy atom.